The highest BCUT2D eigenvalue weighted by Crippen LogP contribution is 2.32. The molecule has 0 aliphatic rings. The van der Waals surface area contributed by atoms with Crippen LogP contribution in [0.3, 0.4) is 0 Å². The molecule has 0 aliphatic carbocycles. The maximum atomic E-state index is 10.8. The summed E-state index contributed by atoms with van der Waals surface area (Å²) in [4.78, 5) is 11.5. The molecule has 0 atom stereocenters. The predicted molar refractivity (Wildman–Crippen MR) is 67.6 cm³/mol. The van der Waals surface area contributed by atoms with Crippen molar-refractivity contribution in [3.63, 3.8) is 0 Å². The summed E-state index contributed by atoms with van der Waals surface area (Å²) in [5.41, 5.74) is 0.855. The van der Waals surface area contributed by atoms with Gasteiger partial charge in [-0.1, -0.05) is 0 Å². The molecule has 2 rings (SSSR count). The quantitative estimate of drug-likeness (QED) is 0.920. The van der Waals surface area contributed by atoms with Gasteiger partial charge in [0.2, 0.25) is 0 Å². The van der Waals surface area contributed by atoms with E-state index in [2.05, 4.69) is 4.37 Å². The minimum Gasteiger partial charge on any atom is -0.497 e. The van der Waals surface area contributed by atoms with Gasteiger partial charge in [-0.2, -0.15) is 4.37 Å². The zero-order valence-corrected chi connectivity index (χ0v) is 10.7. The molecule has 0 saturated carbocycles. The van der Waals surface area contributed by atoms with Gasteiger partial charge in [-0.15, -0.1) is 0 Å². The number of carboxylic acids is 1. The van der Waals surface area contributed by atoms with Gasteiger partial charge in [0.05, 0.1) is 19.1 Å². The van der Waals surface area contributed by atoms with Crippen molar-refractivity contribution in [2.75, 3.05) is 14.2 Å². The molecule has 0 aliphatic heterocycles. The largest absolute Gasteiger partial charge is 0.497 e. The Bertz CT molecular complexity index is 557. The summed E-state index contributed by atoms with van der Waals surface area (Å²) in [6.45, 7) is 0. The Morgan fingerprint density at radius 3 is 2.22 bits per heavy atom. The maximum Gasteiger partial charge on any atom is 0.355 e. The van der Waals surface area contributed by atoms with Gasteiger partial charge < -0.3 is 14.6 Å². The number of aromatic nitrogens is 1. The lowest BCUT2D eigenvalue weighted by atomic mass is 10.1. The van der Waals surface area contributed by atoms with Crippen molar-refractivity contribution in [3.8, 4) is 21.9 Å². The van der Waals surface area contributed by atoms with Crippen LogP contribution < -0.4 is 9.47 Å². The zero-order valence-electron chi connectivity index (χ0n) is 9.84. The van der Waals surface area contributed by atoms with Gasteiger partial charge in [0, 0.05) is 11.6 Å². The number of methoxy groups -OCH3 is 2. The number of aromatic carboxylic acids is 1. The Balaban J connectivity index is 2.45. The number of nitrogens with zero attached hydrogens (tertiary/aromatic N) is 1. The number of carboxylic acid groups (broad SMARTS) is 1. The molecule has 1 N–H and O–H groups in total. The van der Waals surface area contributed by atoms with Crippen molar-refractivity contribution in [1.29, 1.82) is 0 Å². The summed E-state index contributed by atoms with van der Waals surface area (Å²) >= 11 is 1.13. The van der Waals surface area contributed by atoms with Crippen molar-refractivity contribution in [1.82, 2.24) is 4.37 Å². The first kappa shape index (κ1) is 12.4. The number of benzene rings is 1. The fourth-order valence-electron chi connectivity index (χ4n) is 1.46. The Morgan fingerprint density at radius 2 is 1.78 bits per heavy atom. The lowest BCUT2D eigenvalue weighted by Crippen LogP contribution is -1.94. The fourth-order valence-corrected chi connectivity index (χ4v) is 2.18. The van der Waals surface area contributed by atoms with E-state index in [-0.39, 0.29) is 5.69 Å². The third-order valence-electron chi connectivity index (χ3n) is 2.37. The monoisotopic (exact) mass is 265 g/mol. The highest BCUT2D eigenvalue weighted by Gasteiger charge is 2.11. The normalized spacial score (nSPS) is 10.1. The van der Waals surface area contributed by atoms with Crippen LogP contribution >= 0.6 is 11.5 Å². The van der Waals surface area contributed by atoms with E-state index in [0.29, 0.717) is 11.5 Å². The number of carbonyl (C=O) groups is 1. The van der Waals surface area contributed by atoms with Gasteiger partial charge in [-0.05, 0) is 29.7 Å². The minimum absolute atomic E-state index is 0.0387. The molecule has 0 spiro atoms. The Kier molecular flexibility index (Phi) is 3.47. The Hall–Kier alpha value is -2.08. The molecule has 1 aromatic heterocycles. The van der Waals surface area contributed by atoms with Gasteiger partial charge in [0.25, 0.3) is 0 Å². The molecule has 0 saturated heterocycles. The van der Waals surface area contributed by atoms with E-state index in [1.54, 1.807) is 20.3 Å². The molecule has 1 aromatic carbocycles. The van der Waals surface area contributed by atoms with Crippen LogP contribution in [0.5, 0.6) is 11.5 Å². The second kappa shape index (κ2) is 5.05. The van der Waals surface area contributed by atoms with Gasteiger partial charge in [0.1, 0.15) is 11.5 Å². The van der Waals surface area contributed by atoms with Crippen molar-refractivity contribution < 1.29 is 19.4 Å². The first-order valence-corrected chi connectivity index (χ1v) is 5.85. The SMILES string of the molecule is COc1cc(OC)cc(-c2cc(C(=O)O)ns2)c1. The molecule has 2 aromatic rings. The van der Waals surface area contributed by atoms with Crippen molar-refractivity contribution in [3.05, 3.63) is 30.0 Å². The average Bonchev–Trinajstić information content (AvgIpc) is 2.87. The molecule has 0 radical (unpaired) electrons. The molecule has 0 bridgehead atoms. The second-order valence-electron chi connectivity index (χ2n) is 3.48. The van der Waals surface area contributed by atoms with E-state index in [1.807, 2.05) is 12.1 Å². The predicted octanol–water partition coefficient (Wildman–Crippen LogP) is 2.53. The highest BCUT2D eigenvalue weighted by atomic mass is 32.1. The first-order valence-electron chi connectivity index (χ1n) is 5.07. The number of rotatable bonds is 4. The van der Waals surface area contributed by atoms with Crippen LogP contribution in [0.1, 0.15) is 10.5 Å². The van der Waals surface area contributed by atoms with Gasteiger partial charge in [-0.3, -0.25) is 0 Å². The first-order chi connectivity index (χ1) is 8.63. The molecule has 94 valence electrons. The third-order valence-corrected chi connectivity index (χ3v) is 3.20. The van der Waals surface area contributed by atoms with Crippen molar-refractivity contribution >= 4 is 17.5 Å². The molecular formula is C12H11NO4S. The molecule has 1 heterocycles. The van der Waals surface area contributed by atoms with Gasteiger partial charge in [-0.25, -0.2) is 4.79 Å². The number of ether oxygens (including phenoxy) is 2. The molecule has 6 heteroatoms. The maximum absolute atomic E-state index is 10.8. The molecule has 18 heavy (non-hydrogen) atoms. The van der Waals surface area contributed by atoms with E-state index < -0.39 is 5.97 Å². The van der Waals surface area contributed by atoms with Crippen LogP contribution in [0, 0.1) is 0 Å². The molecule has 0 fully saturated rings. The van der Waals surface area contributed by atoms with Gasteiger partial charge in [0.15, 0.2) is 5.69 Å². The summed E-state index contributed by atoms with van der Waals surface area (Å²) in [5, 5.41) is 8.84. The Labute approximate surface area is 108 Å². The third kappa shape index (κ3) is 2.43. The summed E-state index contributed by atoms with van der Waals surface area (Å²) in [7, 11) is 3.13. The van der Waals surface area contributed by atoms with E-state index in [0.717, 1.165) is 22.0 Å². The standard InChI is InChI=1S/C12H11NO4S/c1-16-8-3-7(4-9(5-8)17-2)11-6-10(12(14)15)13-18-11/h3-6H,1-2H3,(H,14,15). The van der Waals surface area contributed by atoms with Crippen molar-refractivity contribution in [2.24, 2.45) is 0 Å². The van der Waals surface area contributed by atoms with E-state index in [4.69, 9.17) is 14.6 Å². The van der Waals surface area contributed by atoms with E-state index in [1.165, 1.54) is 6.07 Å². The van der Waals surface area contributed by atoms with Crippen LogP contribution in [-0.4, -0.2) is 29.7 Å². The van der Waals surface area contributed by atoms with Crippen LogP contribution in [0.2, 0.25) is 0 Å². The fraction of sp³-hybridized carbons (Fsp3) is 0.167. The van der Waals surface area contributed by atoms with E-state index >= 15 is 0 Å². The molecule has 0 amide bonds. The number of hydrogen-bond acceptors (Lipinski definition) is 5. The van der Waals surface area contributed by atoms with E-state index in [9.17, 15) is 4.79 Å². The Morgan fingerprint density at radius 1 is 1.17 bits per heavy atom. The summed E-state index contributed by atoms with van der Waals surface area (Å²) in [6, 6.07) is 6.90. The molecular weight excluding hydrogens is 254 g/mol. The van der Waals surface area contributed by atoms with Crippen LogP contribution in [-0.2, 0) is 0 Å². The van der Waals surface area contributed by atoms with Crippen molar-refractivity contribution in [2.45, 2.75) is 0 Å². The van der Waals surface area contributed by atoms with Crippen LogP contribution in [0.15, 0.2) is 24.3 Å². The number of hydrogen-bond donors (Lipinski definition) is 1. The summed E-state index contributed by atoms with van der Waals surface area (Å²) in [5.74, 6) is 0.261. The lowest BCUT2D eigenvalue weighted by molar-refractivity contribution is 0.0692. The summed E-state index contributed by atoms with van der Waals surface area (Å²) in [6.07, 6.45) is 0. The van der Waals surface area contributed by atoms with Gasteiger partial charge >= 0.3 is 5.97 Å². The molecule has 0 unspecified atom stereocenters. The smallest absolute Gasteiger partial charge is 0.355 e. The average molecular weight is 265 g/mol. The minimum atomic E-state index is -1.03. The highest BCUT2D eigenvalue weighted by molar-refractivity contribution is 7.09. The molecule has 5 nitrogen and oxygen atoms in total. The second-order valence-corrected chi connectivity index (χ2v) is 4.29. The topological polar surface area (TPSA) is 68.7 Å². The zero-order chi connectivity index (χ0) is 13.1. The van der Waals surface area contributed by atoms with Crippen LogP contribution in [0.25, 0.3) is 10.4 Å². The summed E-state index contributed by atoms with van der Waals surface area (Å²) < 4.78 is 14.2. The lowest BCUT2D eigenvalue weighted by Gasteiger charge is -2.06. The van der Waals surface area contributed by atoms with Crippen LogP contribution in [0.4, 0.5) is 0 Å².